The normalized spacial score (nSPS) is 18.7. The van der Waals surface area contributed by atoms with Crippen LogP contribution in [0.1, 0.15) is 36.0 Å². The van der Waals surface area contributed by atoms with Crippen molar-refractivity contribution in [2.24, 2.45) is 0 Å². The Kier molecular flexibility index (Phi) is 5.03. The fourth-order valence-corrected chi connectivity index (χ4v) is 6.26. The third-order valence-corrected chi connectivity index (χ3v) is 8.18. The maximum Gasteiger partial charge on any atom is 0.243 e. The molecule has 1 fully saturated rings. The summed E-state index contributed by atoms with van der Waals surface area (Å²) in [6.45, 7) is 2.55. The van der Waals surface area contributed by atoms with Gasteiger partial charge in [0.05, 0.1) is 17.9 Å². The summed E-state index contributed by atoms with van der Waals surface area (Å²) >= 11 is 0. The standard InChI is InChI=1S/C23H26N2O4S/c26-23(15-17-5-8-22-19(14-17)9-13-29-22)25-12-3-4-18-16-20(6-7-21(18)25)30(27,28)24-10-1-2-11-24/h5-8,14,16H,1-4,9-13,15H2. The van der Waals surface area contributed by atoms with Crippen molar-refractivity contribution in [3.63, 3.8) is 0 Å². The molecule has 0 spiro atoms. The van der Waals surface area contributed by atoms with Crippen molar-refractivity contribution in [2.75, 3.05) is 31.1 Å². The molecule has 0 saturated carbocycles. The van der Waals surface area contributed by atoms with Crippen molar-refractivity contribution in [3.8, 4) is 5.75 Å². The van der Waals surface area contributed by atoms with E-state index in [1.165, 1.54) is 0 Å². The van der Waals surface area contributed by atoms with Gasteiger partial charge in [-0.3, -0.25) is 4.79 Å². The maximum atomic E-state index is 13.1. The molecule has 30 heavy (non-hydrogen) atoms. The monoisotopic (exact) mass is 426 g/mol. The van der Waals surface area contributed by atoms with Crippen LogP contribution in [0.2, 0.25) is 0 Å². The fraction of sp³-hybridized carbons (Fsp3) is 0.435. The molecule has 0 bridgehead atoms. The predicted octanol–water partition coefficient (Wildman–Crippen LogP) is 2.93. The van der Waals surface area contributed by atoms with E-state index in [1.807, 2.05) is 23.1 Å². The van der Waals surface area contributed by atoms with Crippen molar-refractivity contribution < 1.29 is 17.9 Å². The molecular formula is C23H26N2O4S. The molecule has 0 atom stereocenters. The van der Waals surface area contributed by atoms with Crippen LogP contribution in [-0.4, -0.2) is 44.9 Å². The molecule has 0 N–H and O–H groups in total. The molecule has 3 heterocycles. The summed E-state index contributed by atoms with van der Waals surface area (Å²) in [6, 6.07) is 11.2. The molecule has 6 nitrogen and oxygen atoms in total. The summed E-state index contributed by atoms with van der Waals surface area (Å²) in [5.41, 5.74) is 3.94. The Bertz CT molecular complexity index is 1090. The maximum absolute atomic E-state index is 13.1. The molecule has 7 heteroatoms. The number of amides is 1. The SMILES string of the molecule is O=C(Cc1ccc2c(c1)CCO2)N1CCCc2cc(S(=O)(=O)N3CCCC3)ccc21. The van der Waals surface area contributed by atoms with E-state index < -0.39 is 10.0 Å². The Morgan fingerprint density at radius 3 is 2.60 bits per heavy atom. The lowest BCUT2D eigenvalue weighted by Gasteiger charge is -2.30. The number of ether oxygens (including phenoxy) is 1. The largest absolute Gasteiger partial charge is 0.493 e. The Labute approximate surface area is 177 Å². The molecule has 0 unspecified atom stereocenters. The van der Waals surface area contributed by atoms with E-state index in [1.54, 1.807) is 16.4 Å². The van der Waals surface area contributed by atoms with Gasteiger partial charge in [-0.25, -0.2) is 8.42 Å². The molecule has 0 aliphatic carbocycles. The van der Waals surface area contributed by atoms with Gasteiger partial charge < -0.3 is 9.64 Å². The first-order valence-electron chi connectivity index (χ1n) is 10.7. The van der Waals surface area contributed by atoms with Crippen molar-refractivity contribution in [1.29, 1.82) is 0 Å². The lowest BCUT2D eigenvalue weighted by atomic mass is 10.00. The van der Waals surface area contributed by atoms with Gasteiger partial charge in [-0.05, 0) is 66.6 Å². The second-order valence-corrected chi connectivity index (χ2v) is 10.2. The molecule has 1 saturated heterocycles. The van der Waals surface area contributed by atoms with Gasteiger partial charge in [-0.1, -0.05) is 12.1 Å². The third kappa shape index (κ3) is 3.50. The van der Waals surface area contributed by atoms with Crippen LogP contribution in [0.15, 0.2) is 41.3 Å². The first-order valence-corrected chi connectivity index (χ1v) is 12.1. The van der Waals surface area contributed by atoms with E-state index in [-0.39, 0.29) is 5.91 Å². The van der Waals surface area contributed by atoms with E-state index in [2.05, 4.69) is 6.07 Å². The number of sulfonamides is 1. The summed E-state index contributed by atoms with van der Waals surface area (Å²) in [5, 5.41) is 0. The lowest BCUT2D eigenvalue weighted by molar-refractivity contribution is -0.118. The highest BCUT2D eigenvalue weighted by molar-refractivity contribution is 7.89. The summed E-state index contributed by atoms with van der Waals surface area (Å²) in [6.07, 6.45) is 4.68. The highest BCUT2D eigenvalue weighted by Crippen LogP contribution is 2.32. The van der Waals surface area contributed by atoms with Gasteiger partial charge in [0.1, 0.15) is 5.75 Å². The number of fused-ring (bicyclic) bond motifs is 2. The zero-order chi connectivity index (χ0) is 20.7. The second-order valence-electron chi connectivity index (χ2n) is 8.27. The van der Waals surface area contributed by atoms with Gasteiger partial charge in [0.2, 0.25) is 15.9 Å². The third-order valence-electron chi connectivity index (χ3n) is 6.28. The highest BCUT2D eigenvalue weighted by atomic mass is 32.2. The Morgan fingerprint density at radius 1 is 0.933 bits per heavy atom. The van der Waals surface area contributed by atoms with Crippen molar-refractivity contribution >= 4 is 21.6 Å². The molecule has 0 radical (unpaired) electrons. The van der Waals surface area contributed by atoms with Gasteiger partial charge in [-0.2, -0.15) is 4.31 Å². The average molecular weight is 427 g/mol. The number of aryl methyl sites for hydroxylation is 1. The number of hydrogen-bond donors (Lipinski definition) is 0. The average Bonchev–Trinajstić information content (AvgIpc) is 3.45. The summed E-state index contributed by atoms with van der Waals surface area (Å²) in [7, 11) is -3.45. The zero-order valence-electron chi connectivity index (χ0n) is 17.0. The van der Waals surface area contributed by atoms with Crippen molar-refractivity contribution in [3.05, 3.63) is 53.1 Å². The molecule has 0 aromatic heterocycles. The molecule has 3 aliphatic rings. The zero-order valence-corrected chi connectivity index (χ0v) is 17.8. The van der Waals surface area contributed by atoms with E-state index in [0.717, 1.165) is 60.2 Å². The first-order chi connectivity index (χ1) is 14.5. The highest BCUT2D eigenvalue weighted by Gasteiger charge is 2.29. The fourth-order valence-electron chi connectivity index (χ4n) is 4.69. The second kappa shape index (κ2) is 7.71. The van der Waals surface area contributed by atoms with Crippen LogP contribution in [-0.2, 0) is 34.1 Å². The van der Waals surface area contributed by atoms with Crippen LogP contribution in [0, 0.1) is 0 Å². The smallest absolute Gasteiger partial charge is 0.243 e. The van der Waals surface area contributed by atoms with Gasteiger partial charge in [0.25, 0.3) is 0 Å². The molecular weight excluding hydrogens is 400 g/mol. The van der Waals surface area contributed by atoms with E-state index in [0.29, 0.717) is 37.6 Å². The summed E-state index contributed by atoms with van der Waals surface area (Å²) < 4.78 is 32.9. The van der Waals surface area contributed by atoms with Gasteiger partial charge in [0.15, 0.2) is 0 Å². The van der Waals surface area contributed by atoms with Crippen LogP contribution in [0.25, 0.3) is 0 Å². The lowest BCUT2D eigenvalue weighted by Crippen LogP contribution is -2.36. The van der Waals surface area contributed by atoms with E-state index >= 15 is 0 Å². The number of benzene rings is 2. The Balaban J connectivity index is 1.38. The minimum absolute atomic E-state index is 0.0463. The Hall–Kier alpha value is -2.38. The minimum atomic E-state index is -3.45. The topological polar surface area (TPSA) is 66.9 Å². The van der Waals surface area contributed by atoms with Crippen molar-refractivity contribution in [2.45, 2.75) is 43.4 Å². The van der Waals surface area contributed by atoms with Crippen LogP contribution in [0.3, 0.4) is 0 Å². The molecule has 5 rings (SSSR count). The number of rotatable bonds is 4. The number of nitrogens with zero attached hydrogens (tertiary/aromatic N) is 2. The molecule has 2 aromatic rings. The molecule has 2 aromatic carbocycles. The molecule has 3 aliphatic heterocycles. The van der Waals surface area contributed by atoms with Gasteiger partial charge >= 0.3 is 0 Å². The van der Waals surface area contributed by atoms with Crippen LogP contribution < -0.4 is 9.64 Å². The van der Waals surface area contributed by atoms with Crippen molar-refractivity contribution in [1.82, 2.24) is 4.31 Å². The molecule has 1 amide bonds. The number of anilines is 1. The Morgan fingerprint density at radius 2 is 1.77 bits per heavy atom. The van der Waals surface area contributed by atoms with Crippen LogP contribution >= 0.6 is 0 Å². The summed E-state index contributed by atoms with van der Waals surface area (Å²) in [4.78, 5) is 15.2. The van der Waals surface area contributed by atoms with E-state index in [9.17, 15) is 13.2 Å². The van der Waals surface area contributed by atoms with E-state index in [4.69, 9.17) is 4.74 Å². The number of carbonyl (C=O) groups is 1. The van der Waals surface area contributed by atoms with Crippen LogP contribution in [0.4, 0.5) is 5.69 Å². The minimum Gasteiger partial charge on any atom is -0.493 e. The number of carbonyl (C=O) groups excluding carboxylic acids is 1. The molecule has 158 valence electrons. The first kappa shape index (κ1) is 19.6. The summed E-state index contributed by atoms with van der Waals surface area (Å²) in [5.74, 6) is 0.964. The van der Waals surface area contributed by atoms with Crippen LogP contribution in [0.5, 0.6) is 5.75 Å². The predicted molar refractivity (Wildman–Crippen MR) is 114 cm³/mol. The van der Waals surface area contributed by atoms with Gasteiger partial charge in [0, 0.05) is 31.7 Å². The van der Waals surface area contributed by atoms with Gasteiger partial charge in [-0.15, -0.1) is 0 Å². The number of hydrogen-bond acceptors (Lipinski definition) is 4. The quantitative estimate of drug-likeness (QED) is 0.754.